The molecule has 0 radical (unpaired) electrons. The number of hydrogen-bond acceptors (Lipinski definition) is 3. The number of aryl methyl sites for hydroxylation is 2. The second-order valence-electron chi connectivity index (χ2n) is 5.55. The van der Waals surface area contributed by atoms with Crippen molar-refractivity contribution in [3.05, 3.63) is 35.4 Å². The van der Waals surface area contributed by atoms with Gasteiger partial charge in [0, 0.05) is 18.1 Å². The first kappa shape index (κ1) is 17.2. The topological polar surface area (TPSA) is 46.2 Å². The summed E-state index contributed by atoms with van der Waals surface area (Å²) in [6.45, 7) is 5.13. The molecule has 1 aromatic carbocycles. The van der Waals surface area contributed by atoms with Crippen LogP contribution in [0, 0.1) is 6.92 Å². The molecule has 1 rings (SSSR count). The molecule has 0 heterocycles. The molecule has 3 nitrogen and oxygen atoms in total. The molecule has 1 aromatic rings. The quantitative estimate of drug-likeness (QED) is 0.762. The van der Waals surface area contributed by atoms with Gasteiger partial charge in [-0.15, -0.1) is 0 Å². The van der Waals surface area contributed by atoms with Gasteiger partial charge in [0.2, 0.25) is 0 Å². The van der Waals surface area contributed by atoms with E-state index in [-0.39, 0.29) is 0 Å². The fourth-order valence-corrected chi connectivity index (χ4v) is 3.13. The highest BCUT2D eigenvalue weighted by molar-refractivity contribution is 7.90. The van der Waals surface area contributed by atoms with Gasteiger partial charge in [-0.3, -0.25) is 0 Å². The predicted molar refractivity (Wildman–Crippen MR) is 85.9 cm³/mol. The van der Waals surface area contributed by atoms with Crippen molar-refractivity contribution in [2.24, 2.45) is 0 Å². The summed E-state index contributed by atoms with van der Waals surface area (Å²) in [6, 6.07) is 8.99. The van der Waals surface area contributed by atoms with E-state index in [0.29, 0.717) is 11.8 Å². The monoisotopic (exact) mass is 297 g/mol. The van der Waals surface area contributed by atoms with Crippen LogP contribution < -0.4 is 5.32 Å². The van der Waals surface area contributed by atoms with Crippen LogP contribution in [0.15, 0.2) is 24.3 Å². The lowest BCUT2D eigenvalue weighted by Gasteiger charge is -2.17. The molecule has 114 valence electrons. The van der Waals surface area contributed by atoms with Crippen LogP contribution in [0.2, 0.25) is 0 Å². The van der Waals surface area contributed by atoms with Crippen molar-refractivity contribution in [3.63, 3.8) is 0 Å². The smallest absolute Gasteiger partial charge is 0.147 e. The van der Waals surface area contributed by atoms with E-state index in [1.807, 2.05) is 0 Å². The summed E-state index contributed by atoms with van der Waals surface area (Å²) in [6.07, 6.45) is 5.07. The fraction of sp³-hybridized carbons (Fsp3) is 0.625. The van der Waals surface area contributed by atoms with Crippen molar-refractivity contribution in [1.82, 2.24) is 5.32 Å². The van der Waals surface area contributed by atoms with Crippen LogP contribution in [0.25, 0.3) is 0 Å². The van der Waals surface area contributed by atoms with Gasteiger partial charge in [-0.1, -0.05) is 36.8 Å². The maximum atomic E-state index is 11.2. The summed E-state index contributed by atoms with van der Waals surface area (Å²) in [5, 5.41) is 3.46. The summed E-state index contributed by atoms with van der Waals surface area (Å²) >= 11 is 0. The lowest BCUT2D eigenvalue weighted by atomic mass is 10.0. The van der Waals surface area contributed by atoms with Crippen molar-refractivity contribution in [2.75, 3.05) is 18.6 Å². The van der Waals surface area contributed by atoms with E-state index in [2.05, 4.69) is 43.4 Å². The molecule has 0 aliphatic rings. The van der Waals surface area contributed by atoms with Crippen LogP contribution in [0.1, 0.15) is 37.3 Å². The lowest BCUT2D eigenvalue weighted by molar-refractivity contribution is 0.459. The third kappa shape index (κ3) is 7.65. The molecule has 1 N–H and O–H groups in total. The number of benzene rings is 1. The molecule has 20 heavy (non-hydrogen) atoms. The van der Waals surface area contributed by atoms with Gasteiger partial charge in [0.25, 0.3) is 0 Å². The van der Waals surface area contributed by atoms with E-state index in [1.165, 1.54) is 17.4 Å². The molecule has 0 bridgehead atoms. The molecule has 0 aromatic heterocycles. The highest BCUT2D eigenvalue weighted by Crippen LogP contribution is 2.11. The Balaban J connectivity index is 2.42. The van der Waals surface area contributed by atoms with Crippen LogP contribution >= 0.6 is 0 Å². The normalized spacial score (nSPS) is 13.3. The lowest BCUT2D eigenvalue weighted by Crippen LogP contribution is -2.29. The van der Waals surface area contributed by atoms with Crippen molar-refractivity contribution in [1.29, 1.82) is 0 Å². The zero-order valence-corrected chi connectivity index (χ0v) is 13.7. The van der Waals surface area contributed by atoms with Crippen LogP contribution in [-0.2, 0) is 16.3 Å². The Bertz CT molecular complexity index is 497. The minimum absolute atomic E-state index is 0.291. The molecule has 4 heteroatoms. The Kier molecular flexibility index (Phi) is 7.24. The van der Waals surface area contributed by atoms with E-state index in [0.717, 1.165) is 32.2 Å². The molecule has 1 unspecified atom stereocenters. The standard InChI is InChI=1S/C16H27NO2S/c1-4-17-16(9-6-12-20(3,18)19)11-10-15-8-5-7-14(2)13-15/h5,7-8,13,16-17H,4,6,9-12H2,1-3H3. The minimum atomic E-state index is -2.84. The zero-order valence-electron chi connectivity index (χ0n) is 12.9. The Morgan fingerprint density at radius 1 is 1.25 bits per heavy atom. The van der Waals surface area contributed by atoms with Gasteiger partial charge >= 0.3 is 0 Å². The van der Waals surface area contributed by atoms with Gasteiger partial charge in [-0.2, -0.15) is 0 Å². The Morgan fingerprint density at radius 3 is 2.60 bits per heavy atom. The first-order valence-corrected chi connectivity index (χ1v) is 9.43. The molecule has 0 amide bonds. The number of nitrogens with one attached hydrogen (secondary N) is 1. The van der Waals surface area contributed by atoms with E-state index >= 15 is 0 Å². The highest BCUT2D eigenvalue weighted by Gasteiger charge is 2.10. The van der Waals surface area contributed by atoms with Gasteiger partial charge in [-0.05, 0) is 44.7 Å². The summed E-state index contributed by atoms with van der Waals surface area (Å²) in [5.74, 6) is 0.291. The molecule has 0 saturated carbocycles. The van der Waals surface area contributed by atoms with E-state index in [4.69, 9.17) is 0 Å². The van der Waals surface area contributed by atoms with Crippen LogP contribution in [-0.4, -0.2) is 33.0 Å². The van der Waals surface area contributed by atoms with E-state index in [1.54, 1.807) is 0 Å². The molecule has 1 atom stereocenters. The zero-order chi connectivity index (χ0) is 15.0. The van der Waals surface area contributed by atoms with Crippen molar-refractivity contribution < 1.29 is 8.42 Å². The summed E-state index contributed by atoms with van der Waals surface area (Å²) in [7, 11) is -2.84. The molecular formula is C16H27NO2S. The van der Waals surface area contributed by atoms with Crippen molar-refractivity contribution in [3.8, 4) is 0 Å². The Morgan fingerprint density at radius 2 is 2.00 bits per heavy atom. The first-order valence-electron chi connectivity index (χ1n) is 7.37. The minimum Gasteiger partial charge on any atom is -0.314 e. The van der Waals surface area contributed by atoms with Gasteiger partial charge in [-0.25, -0.2) is 8.42 Å². The van der Waals surface area contributed by atoms with Crippen LogP contribution in [0.5, 0.6) is 0 Å². The molecule has 0 fully saturated rings. The van der Waals surface area contributed by atoms with E-state index < -0.39 is 9.84 Å². The molecule has 0 aliphatic heterocycles. The molecule has 0 aliphatic carbocycles. The van der Waals surface area contributed by atoms with Gasteiger partial charge in [0.1, 0.15) is 9.84 Å². The summed E-state index contributed by atoms with van der Waals surface area (Å²) in [4.78, 5) is 0. The average molecular weight is 297 g/mol. The number of hydrogen-bond donors (Lipinski definition) is 1. The van der Waals surface area contributed by atoms with Gasteiger partial charge in [0.15, 0.2) is 0 Å². The van der Waals surface area contributed by atoms with Crippen molar-refractivity contribution in [2.45, 2.75) is 45.6 Å². The second-order valence-corrected chi connectivity index (χ2v) is 7.81. The van der Waals surface area contributed by atoms with Crippen LogP contribution in [0.4, 0.5) is 0 Å². The van der Waals surface area contributed by atoms with Gasteiger partial charge < -0.3 is 5.32 Å². The Labute approximate surface area is 123 Å². The molecule has 0 spiro atoms. The predicted octanol–water partition coefficient (Wildman–Crippen LogP) is 2.73. The maximum Gasteiger partial charge on any atom is 0.147 e. The van der Waals surface area contributed by atoms with E-state index in [9.17, 15) is 8.42 Å². The summed E-state index contributed by atoms with van der Waals surface area (Å²) < 4.78 is 22.3. The fourth-order valence-electron chi connectivity index (χ4n) is 2.44. The largest absolute Gasteiger partial charge is 0.314 e. The van der Waals surface area contributed by atoms with Crippen molar-refractivity contribution >= 4 is 9.84 Å². The average Bonchev–Trinajstić information content (AvgIpc) is 2.34. The third-order valence-corrected chi connectivity index (χ3v) is 4.45. The van der Waals surface area contributed by atoms with Crippen LogP contribution in [0.3, 0.4) is 0 Å². The number of rotatable bonds is 9. The summed E-state index contributed by atoms with van der Waals surface area (Å²) in [5.41, 5.74) is 2.65. The first-order chi connectivity index (χ1) is 9.40. The number of sulfone groups is 1. The SMILES string of the molecule is CCNC(CCCS(C)(=O)=O)CCc1cccc(C)c1. The highest BCUT2D eigenvalue weighted by atomic mass is 32.2. The Hall–Kier alpha value is -0.870. The maximum absolute atomic E-state index is 11.2. The third-order valence-electron chi connectivity index (χ3n) is 3.42. The molecule has 0 saturated heterocycles. The second kappa shape index (κ2) is 8.42. The molecular weight excluding hydrogens is 270 g/mol. The van der Waals surface area contributed by atoms with Gasteiger partial charge in [0.05, 0.1) is 0 Å².